The highest BCUT2D eigenvalue weighted by Gasteiger charge is 2.19. The molecule has 2 amide bonds. The molecule has 0 aliphatic carbocycles. The van der Waals surface area contributed by atoms with Gasteiger partial charge in [-0.15, -0.1) is 0 Å². The molecule has 0 saturated heterocycles. The molecule has 0 fully saturated rings. The summed E-state index contributed by atoms with van der Waals surface area (Å²) >= 11 is 0. The summed E-state index contributed by atoms with van der Waals surface area (Å²) in [5.74, 6) is -1.19. The Labute approximate surface area is 110 Å². The van der Waals surface area contributed by atoms with Crippen molar-refractivity contribution in [2.75, 3.05) is 11.9 Å². The van der Waals surface area contributed by atoms with Gasteiger partial charge in [-0.05, 0) is 13.8 Å². The van der Waals surface area contributed by atoms with E-state index in [0.717, 1.165) is 0 Å². The van der Waals surface area contributed by atoms with Crippen LogP contribution in [0.1, 0.15) is 26.3 Å². The van der Waals surface area contributed by atoms with Gasteiger partial charge in [0.15, 0.2) is 0 Å². The van der Waals surface area contributed by atoms with Crippen molar-refractivity contribution in [1.82, 2.24) is 15.1 Å². The van der Waals surface area contributed by atoms with Crippen LogP contribution in [0.5, 0.6) is 0 Å². The Balaban J connectivity index is 2.56. The monoisotopic (exact) mass is 270 g/mol. The normalized spacial score (nSPS) is 12.2. The number of rotatable bonds is 6. The summed E-state index contributed by atoms with van der Waals surface area (Å²) in [6, 6.07) is -1.60. The minimum atomic E-state index is -1.19. The van der Waals surface area contributed by atoms with Gasteiger partial charge in [0.2, 0.25) is 0 Å². The second-order valence-corrected chi connectivity index (χ2v) is 4.30. The lowest BCUT2D eigenvalue weighted by molar-refractivity contribution is -0.139. The number of hydrogen-bond acceptors (Lipinski definition) is 4. The highest BCUT2D eigenvalue weighted by atomic mass is 16.4. The molecule has 1 aromatic heterocycles. The molecule has 0 spiro atoms. The van der Waals surface area contributed by atoms with Gasteiger partial charge in [-0.2, -0.15) is 5.10 Å². The molecule has 4 N–H and O–H groups in total. The lowest BCUT2D eigenvalue weighted by Gasteiger charge is -2.13. The number of nitrogens with zero attached hydrogens (tertiary/aromatic N) is 2. The number of anilines is 1. The molecule has 8 heteroatoms. The summed E-state index contributed by atoms with van der Waals surface area (Å²) in [5, 5.41) is 26.3. The predicted molar refractivity (Wildman–Crippen MR) is 67.9 cm³/mol. The maximum absolute atomic E-state index is 11.6. The molecule has 8 nitrogen and oxygen atoms in total. The van der Waals surface area contributed by atoms with Gasteiger partial charge in [-0.25, -0.2) is 9.59 Å². The quantitative estimate of drug-likeness (QED) is 0.597. The van der Waals surface area contributed by atoms with Gasteiger partial charge < -0.3 is 20.8 Å². The number of carbonyl (C=O) groups is 2. The number of aliphatic hydroxyl groups is 1. The zero-order valence-corrected chi connectivity index (χ0v) is 10.8. The Morgan fingerprint density at radius 1 is 1.47 bits per heavy atom. The van der Waals surface area contributed by atoms with Crippen LogP contribution in [0.25, 0.3) is 0 Å². The number of aromatic nitrogens is 2. The van der Waals surface area contributed by atoms with Crippen LogP contribution in [-0.4, -0.2) is 44.6 Å². The van der Waals surface area contributed by atoms with Crippen LogP contribution in [0.4, 0.5) is 10.5 Å². The smallest absolute Gasteiger partial charge is 0.326 e. The Morgan fingerprint density at radius 3 is 2.63 bits per heavy atom. The summed E-state index contributed by atoms with van der Waals surface area (Å²) in [7, 11) is 0. The van der Waals surface area contributed by atoms with Gasteiger partial charge in [-0.1, -0.05) is 0 Å². The fourth-order valence-electron chi connectivity index (χ4n) is 1.40. The number of amides is 2. The van der Waals surface area contributed by atoms with Crippen LogP contribution in [-0.2, 0) is 4.79 Å². The lowest BCUT2D eigenvalue weighted by Crippen LogP contribution is -2.43. The third kappa shape index (κ3) is 4.59. The van der Waals surface area contributed by atoms with E-state index >= 15 is 0 Å². The van der Waals surface area contributed by atoms with E-state index in [0.29, 0.717) is 5.69 Å². The topological polar surface area (TPSA) is 116 Å². The minimum Gasteiger partial charge on any atom is -0.480 e. The summed E-state index contributed by atoms with van der Waals surface area (Å²) in [6.07, 6.45) is 3.07. The predicted octanol–water partition coefficient (Wildman–Crippen LogP) is 0.421. The average molecular weight is 270 g/mol. The Morgan fingerprint density at radius 2 is 2.16 bits per heavy atom. The summed E-state index contributed by atoms with van der Waals surface area (Å²) in [5.41, 5.74) is 0.472. The zero-order valence-electron chi connectivity index (χ0n) is 10.8. The molecular weight excluding hydrogens is 252 g/mol. The molecule has 19 heavy (non-hydrogen) atoms. The van der Waals surface area contributed by atoms with Crippen LogP contribution in [0.15, 0.2) is 12.4 Å². The molecule has 1 rings (SSSR count). The molecule has 1 aromatic rings. The van der Waals surface area contributed by atoms with Crippen molar-refractivity contribution in [3.05, 3.63) is 12.4 Å². The molecule has 0 aliphatic heterocycles. The molecule has 0 aliphatic rings. The van der Waals surface area contributed by atoms with E-state index in [-0.39, 0.29) is 19.1 Å². The third-order valence-electron chi connectivity index (χ3n) is 2.41. The number of hydrogen-bond donors (Lipinski definition) is 4. The van der Waals surface area contributed by atoms with Crippen molar-refractivity contribution in [2.24, 2.45) is 0 Å². The fraction of sp³-hybridized carbons (Fsp3) is 0.545. The van der Waals surface area contributed by atoms with Crippen LogP contribution in [0, 0.1) is 0 Å². The molecule has 0 bridgehead atoms. The van der Waals surface area contributed by atoms with E-state index in [9.17, 15) is 9.59 Å². The fourth-order valence-corrected chi connectivity index (χ4v) is 1.40. The Bertz CT molecular complexity index is 444. The van der Waals surface area contributed by atoms with E-state index in [4.69, 9.17) is 10.2 Å². The van der Waals surface area contributed by atoms with Crippen molar-refractivity contribution in [3.8, 4) is 0 Å². The van der Waals surface area contributed by atoms with Crippen LogP contribution in [0.3, 0.4) is 0 Å². The van der Waals surface area contributed by atoms with Gasteiger partial charge in [-0.3, -0.25) is 4.68 Å². The maximum atomic E-state index is 11.6. The van der Waals surface area contributed by atoms with Gasteiger partial charge in [0.05, 0.1) is 11.9 Å². The number of carbonyl (C=O) groups excluding carboxylic acids is 1. The SMILES string of the molecule is CC(C)n1cc(NC(=O)N[C@@H](CCO)C(=O)O)cn1. The van der Waals surface area contributed by atoms with Crippen LogP contribution >= 0.6 is 0 Å². The molecular formula is C11H18N4O4. The molecule has 0 aromatic carbocycles. The third-order valence-corrected chi connectivity index (χ3v) is 2.41. The first-order chi connectivity index (χ1) is 8.93. The minimum absolute atomic E-state index is 0.0476. The second-order valence-electron chi connectivity index (χ2n) is 4.30. The van der Waals surface area contributed by atoms with Crippen molar-refractivity contribution >= 4 is 17.7 Å². The molecule has 0 radical (unpaired) electrons. The number of carboxylic acids is 1. The lowest BCUT2D eigenvalue weighted by atomic mass is 10.2. The van der Waals surface area contributed by atoms with Crippen molar-refractivity contribution in [3.63, 3.8) is 0 Å². The van der Waals surface area contributed by atoms with E-state index in [1.807, 2.05) is 13.8 Å². The number of nitrogens with one attached hydrogen (secondary N) is 2. The van der Waals surface area contributed by atoms with Gasteiger partial charge in [0.25, 0.3) is 0 Å². The standard InChI is InChI=1S/C11H18N4O4/c1-7(2)15-6-8(5-12-15)13-11(19)14-9(3-4-16)10(17)18/h5-7,9,16H,3-4H2,1-2H3,(H,17,18)(H2,13,14,19)/t9-/m0/s1. The largest absolute Gasteiger partial charge is 0.480 e. The number of aliphatic hydroxyl groups excluding tert-OH is 1. The highest BCUT2D eigenvalue weighted by Crippen LogP contribution is 2.09. The maximum Gasteiger partial charge on any atom is 0.326 e. The van der Waals surface area contributed by atoms with E-state index in [2.05, 4.69) is 15.7 Å². The molecule has 0 unspecified atom stereocenters. The van der Waals surface area contributed by atoms with Crippen LogP contribution in [0.2, 0.25) is 0 Å². The van der Waals surface area contributed by atoms with E-state index in [1.165, 1.54) is 6.20 Å². The Hall–Kier alpha value is -2.09. The van der Waals surface area contributed by atoms with Crippen molar-refractivity contribution < 1.29 is 19.8 Å². The highest BCUT2D eigenvalue weighted by molar-refractivity contribution is 5.91. The zero-order chi connectivity index (χ0) is 14.4. The van der Waals surface area contributed by atoms with Gasteiger partial charge >= 0.3 is 12.0 Å². The first kappa shape index (κ1) is 15.0. The van der Waals surface area contributed by atoms with E-state index < -0.39 is 18.0 Å². The van der Waals surface area contributed by atoms with Crippen molar-refractivity contribution in [2.45, 2.75) is 32.4 Å². The first-order valence-electron chi connectivity index (χ1n) is 5.89. The summed E-state index contributed by atoms with van der Waals surface area (Å²) in [4.78, 5) is 22.4. The molecule has 106 valence electrons. The van der Waals surface area contributed by atoms with Gasteiger partial charge in [0.1, 0.15) is 6.04 Å². The molecule has 1 heterocycles. The summed E-state index contributed by atoms with van der Waals surface area (Å²) in [6.45, 7) is 3.57. The van der Waals surface area contributed by atoms with Crippen LogP contribution < -0.4 is 10.6 Å². The number of urea groups is 1. The Kier molecular flexibility index (Phi) is 5.31. The van der Waals surface area contributed by atoms with Crippen molar-refractivity contribution in [1.29, 1.82) is 0 Å². The number of carboxylic acid groups (broad SMARTS) is 1. The van der Waals surface area contributed by atoms with E-state index in [1.54, 1.807) is 10.9 Å². The second kappa shape index (κ2) is 6.74. The van der Waals surface area contributed by atoms with Gasteiger partial charge in [0, 0.05) is 25.3 Å². The molecule has 0 saturated carbocycles. The number of aliphatic carboxylic acids is 1. The average Bonchev–Trinajstić information content (AvgIpc) is 2.76. The molecule has 1 atom stereocenters. The summed E-state index contributed by atoms with van der Waals surface area (Å²) < 4.78 is 1.66. The first-order valence-corrected chi connectivity index (χ1v) is 5.89.